The zero-order valence-electron chi connectivity index (χ0n) is 12.3. The van der Waals surface area contributed by atoms with Crippen molar-refractivity contribution in [2.24, 2.45) is 0 Å². The molecule has 21 heavy (non-hydrogen) atoms. The Kier molecular flexibility index (Phi) is 4.30. The van der Waals surface area contributed by atoms with Crippen LogP contribution in [0.2, 0.25) is 0 Å². The molecule has 0 radical (unpaired) electrons. The van der Waals surface area contributed by atoms with E-state index in [-0.39, 0.29) is 5.82 Å². The summed E-state index contributed by atoms with van der Waals surface area (Å²) in [5.74, 6) is 0.289. The van der Waals surface area contributed by atoms with E-state index in [0.717, 1.165) is 37.1 Å². The molecule has 1 saturated carbocycles. The van der Waals surface area contributed by atoms with E-state index in [9.17, 15) is 4.39 Å². The molecule has 110 valence electrons. The Morgan fingerprint density at radius 1 is 1.19 bits per heavy atom. The summed E-state index contributed by atoms with van der Waals surface area (Å²) in [7, 11) is 0. The van der Waals surface area contributed by atoms with Crippen molar-refractivity contribution in [3.05, 3.63) is 65.2 Å². The fourth-order valence-corrected chi connectivity index (χ4v) is 3.04. The summed E-state index contributed by atoms with van der Waals surface area (Å²) in [4.78, 5) is 4.45. The minimum Gasteiger partial charge on any atom is -0.308 e. The first-order valence-electron chi connectivity index (χ1n) is 7.68. The largest absolute Gasteiger partial charge is 0.308 e. The van der Waals surface area contributed by atoms with Crippen LogP contribution >= 0.6 is 0 Å². The fourth-order valence-electron chi connectivity index (χ4n) is 3.04. The van der Waals surface area contributed by atoms with E-state index in [1.54, 1.807) is 12.1 Å². The molecule has 0 amide bonds. The lowest BCUT2D eigenvalue weighted by molar-refractivity contribution is 0.283. The van der Waals surface area contributed by atoms with Crippen molar-refractivity contribution in [2.75, 3.05) is 0 Å². The smallest absolute Gasteiger partial charge is 0.126 e. The molecule has 1 heterocycles. The van der Waals surface area contributed by atoms with Crippen molar-refractivity contribution in [3.63, 3.8) is 0 Å². The van der Waals surface area contributed by atoms with Crippen LogP contribution in [0.5, 0.6) is 0 Å². The predicted molar refractivity (Wildman–Crippen MR) is 82.6 cm³/mol. The first-order chi connectivity index (χ1) is 10.3. The highest BCUT2D eigenvalue weighted by Crippen LogP contribution is 2.38. The number of benzene rings is 1. The highest BCUT2D eigenvalue weighted by molar-refractivity contribution is 5.25. The Bertz CT molecular complexity index is 606. The van der Waals surface area contributed by atoms with E-state index >= 15 is 0 Å². The van der Waals surface area contributed by atoms with E-state index in [2.05, 4.69) is 23.3 Å². The van der Waals surface area contributed by atoms with Crippen molar-refractivity contribution in [1.29, 1.82) is 0 Å². The van der Waals surface area contributed by atoms with E-state index in [0.29, 0.717) is 12.0 Å². The van der Waals surface area contributed by atoms with Crippen LogP contribution in [0.1, 0.15) is 42.5 Å². The van der Waals surface area contributed by atoms with Gasteiger partial charge in [0, 0.05) is 18.8 Å². The van der Waals surface area contributed by atoms with E-state index in [1.165, 1.54) is 5.56 Å². The molecule has 2 nitrogen and oxygen atoms in total. The van der Waals surface area contributed by atoms with Gasteiger partial charge in [0.2, 0.25) is 0 Å². The Morgan fingerprint density at radius 2 is 2.00 bits per heavy atom. The second kappa shape index (κ2) is 6.35. The van der Waals surface area contributed by atoms with Crippen LogP contribution in [-0.4, -0.2) is 11.0 Å². The second-order valence-corrected chi connectivity index (χ2v) is 5.73. The van der Waals surface area contributed by atoms with Gasteiger partial charge in [0.15, 0.2) is 0 Å². The molecule has 0 atom stereocenters. The van der Waals surface area contributed by atoms with Gasteiger partial charge in [0.25, 0.3) is 0 Å². The zero-order valence-corrected chi connectivity index (χ0v) is 12.3. The van der Waals surface area contributed by atoms with Crippen molar-refractivity contribution in [1.82, 2.24) is 10.3 Å². The standard InChI is InChI=1S/C18H21FN2/c1-2-13-6-5-9-20-18(13)12-21-15-10-14(11-15)16-7-3-4-8-17(16)19/h3-9,14-15,21H,2,10-12H2,1H3. The molecule has 2 aromatic rings. The van der Waals surface area contributed by atoms with E-state index in [1.807, 2.05) is 24.4 Å². The lowest BCUT2D eigenvalue weighted by Crippen LogP contribution is -2.40. The van der Waals surface area contributed by atoms with E-state index < -0.39 is 0 Å². The molecule has 3 heteroatoms. The molecular formula is C18H21FN2. The number of aryl methyl sites for hydroxylation is 1. The van der Waals surface area contributed by atoms with Crippen LogP contribution < -0.4 is 5.32 Å². The normalized spacial score (nSPS) is 21.0. The van der Waals surface area contributed by atoms with Crippen molar-refractivity contribution in [3.8, 4) is 0 Å². The lowest BCUT2D eigenvalue weighted by atomic mass is 9.75. The zero-order chi connectivity index (χ0) is 14.7. The number of halogens is 1. The summed E-state index contributed by atoms with van der Waals surface area (Å²) in [5, 5.41) is 3.54. The Balaban J connectivity index is 1.53. The van der Waals surface area contributed by atoms with Gasteiger partial charge in [-0.15, -0.1) is 0 Å². The Labute approximate surface area is 125 Å². The van der Waals surface area contributed by atoms with Crippen molar-refractivity contribution in [2.45, 2.75) is 44.7 Å². The monoisotopic (exact) mass is 284 g/mol. The number of hydrogen-bond acceptors (Lipinski definition) is 2. The van der Waals surface area contributed by atoms with Gasteiger partial charge in [0.05, 0.1) is 5.69 Å². The van der Waals surface area contributed by atoms with Crippen LogP contribution in [0.3, 0.4) is 0 Å². The maximum atomic E-state index is 13.7. The summed E-state index contributed by atoms with van der Waals surface area (Å²) in [5.41, 5.74) is 3.30. The van der Waals surface area contributed by atoms with Gasteiger partial charge in [-0.3, -0.25) is 4.98 Å². The van der Waals surface area contributed by atoms with Crippen molar-refractivity contribution < 1.29 is 4.39 Å². The quantitative estimate of drug-likeness (QED) is 0.903. The van der Waals surface area contributed by atoms with Crippen molar-refractivity contribution >= 4 is 0 Å². The average molecular weight is 284 g/mol. The summed E-state index contributed by atoms with van der Waals surface area (Å²) < 4.78 is 13.7. The number of rotatable bonds is 5. The number of nitrogens with one attached hydrogen (secondary N) is 1. The third kappa shape index (κ3) is 3.13. The van der Waals surface area contributed by atoms with Crippen LogP contribution in [0, 0.1) is 5.82 Å². The predicted octanol–water partition coefficient (Wildman–Crippen LogP) is 3.82. The molecule has 0 bridgehead atoms. The summed E-state index contributed by atoms with van der Waals surface area (Å²) in [6.45, 7) is 2.96. The van der Waals surface area contributed by atoms with Gasteiger partial charge in [-0.2, -0.15) is 0 Å². The van der Waals surface area contributed by atoms with Crippen LogP contribution in [0.4, 0.5) is 4.39 Å². The van der Waals surface area contributed by atoms with Crippen LogP contribution in [0.25, 0.3) is 0 Å². The maximum absolute atomic E-state index is 13.7. The fraction of sp³-hybridized carbons (Fsp3) is 0.389. The lowest BCUT2D eigenvalue weighted by Gasteiger charge is -2.36. The third-order valence-corrected chi connectivity index (χ3v) is 4.41. The molecule has 0 aliphatic heterocycles. The maximum Gasteiger partial charge on any atom is 0.126 e. The molecule has 1 aromatic carbocycles. The number of pyridine rings is 1. The van der Waals surface area contributed by atoms with Gasteiger partial charge in [-0.05, 0) is 48.4 Å². The summed E-state index contributed by atoms with van der Waals surface area (Å²) >= 11 is 0. The van der Waals surface area contributed by atoms with Crippen LogP contribution in [-0.2, 0) is 13.0 Å². The highest BCUT2D eigenvalue weighted by Gasteiger charge is 2.31. The molecule has 1 aliphatic carbocycles. The molecule has 0 spiro atoms. The minimum atomic E-state index is -0.0704. The van der Waals surface area contributed by atoms with Gasteiger partial charge in [-0.1, -0.05) is 31.2 Å². The van der Waals surface area contributed by atoms with Gasteiger partial charge in [-0.25, -0.2) is 4.39 Å². The van der Waals surface area contributed by atoms with Gasteiger partial charge in [0.1, 0.15) is 5.82 Å². The highest BCUT2D eigenvalue weighted by atomic mass is 19.1. The minimum absolute atomic E-state index is 0.0704. The van der Waals surface area contributed by atoms with Gasteiger partial charge < -0.3 is 5.32 Å². The first kappa shape index (κ1) is 14.2. The molecule has 1 aliphatic rings. The summed E-state index contributed by atoms with van der Waals surface area (Å²) in [6.07, 6.45) is 4.87. The number of aromatic nitrogens is 1. The topological polar surface area (TPSA) is 24.9 Å². The molecule has 1 N–H and O–H groups in total. The van der Waals surface area contributed by atoms with E-state index in [4.69, 9.17) is 0 Å². The SMILES string of the molecule is CCc1cccnc1CNC1CC(c2ccccc2F)C1. The Hall–Kier alpha value is -1.74. The molecule has 0 saturated heterocycles. The molecule has 1 aromatic heterocycles. The molecule has 0 unspecified atom stereocenters. The van der Waals surface area contributed by atoms with Gasteiger partial charge >= 0.3 is 0 Å². The Morgan fingerprint density at radius 3 is 2.76 bits per heavy atom. The first-order valence-corrected chi connectivity index (χ1v) is 7.68. The van der Waals surface area contributed by atoms with Crippen LogP contribution in [0.15, 0.2) is 42.6 Å². The number of hydrogen-bond donors (Lipinski definition) is 1. The summed E-state index contributed by atoms with van der Waals surface area (Å²) in [6, 6.07) is 11.7. The molecule has 1 fully saturated rings. The molecular weight excluding hydrogens is 263 g/mol. The number of nitrogens with zero attached hydrogens (tertiary/aromatic N) is 1. The second-order valence-electron chi connectivity index (χ2n) is 5.73. The molecule has 3 rings (SSSR count). The average Bonchev–Trinajstić information content (AvgIpc) is 2.47. The third-order valence-electron chi connectivity index (χ3n) is 4.41.